The third-order valence-corrected chi connectivity index (χ3v) is 2.16. The lowest BCUT2D eigenvalue weighted by Gasteiger charge is -2.22. The van der Waals surface area contributed by atoms with Crippen molar-refractivity contribution < 1.29 is 9.53 Å². The Kier molecular flexibility index (Phi) is 8.05. The normalized spacial score (nSPS) is 11.3. The van der Waals surface area contributed by atoms with Gasteiger partial charge in [-0.05, 0) is 19.4 Å². The second-order valence-electron chi connectivity index (χ2n) is 3.07. The number of allylic oxidation sites excluding steroid dienone is 3. The highest BCUT2D eigenvalue weighted by atomic mass is 35.5. The van der Waals surface area contributed by atoms with E-state index < -0.39 is 0 Å². The van der Waals surface area contributed by atoms with Crippen molar-refractivity contribution in [1.82, 2.24) is 4.90 Å². The first-order chi connectivity index (χ1) is 7.17. The van der Waals surface area contributed by atoms with Gasteiger partial charge in [-0.1, -0.05) is 12.7 Å². The maximum Gasteiger partial charge on any atom is 0.241 e. The molecule has 0 N–H and O–H groups in total. The fraction of sp³-hybridized carbons (Fsp3) is 0.545. The average Bonchev–Trinajstić information content (AvgIpc) is 2.23. The third kappa shape index (κ3) is 5.60. The van der Waals surface area contributed by atoms with Crippen LogP contribution in [0.5, 0.6) is 0 Å². The molecule has 0 bridgehead atoms. The highest BCUT2D eigenvalue weighted by Gasteiger charge is 2.12. The minimum atomic E-state index is -0.0941. The van der Waals surface area contributed by atoms with Gasteiger partial charge in [-0.3, -0.25) is 4.79 Å². The van der Waals surface area contributed by atoms with Gasteiger partial charge in [0.1, 0.15) is 5.88 Å². The van der Waals surface area contributed by atoms with E-state index in [0.717, 1.165) is 12.1 Å². The van der Waals surface area contributed by atoms with Gasteiger partial charge in [-0.2, -0.15) is 0 Å². The molecule has 4 heteroatoms. The summed E-state index contributed by atoms with van der Waals surface area (Å²) >= 11 is 5.53. The van der Waals surface area contributed by atoms with Crippen LogP contribution in [0.15, 0.2) is 24.4 Å². The van der Waals surface area contributed by atoms with Crippen LogP contribution in [0.25, 0.3) is 0 Å². The molecule has 0 aromatic rings. The van der Waals surface area contributed by atoms with Gasteiger partial charge in [0.2, 0.25) is 5.91 Å². The lowest BCUT2D eigenvalue weighted by Crippen LogP contribution is -2.31. The number of methoxy groups -OCH3 is 1. The molecule has 86 valence electrons. The number of nitrogens with zero attached hydrogens (tertiary/aromatic N) is 1. The van der Waals surface area contributed by atoms with Crippen molar-refractivity contribution in [3.63, 3.8) is 0 Å². The van der Waals surface area contributed by atoms with Crippen LogP contribution in [0.4, 0.5) is 0 Å². The Morgan fingerprint density at radius 1 is 1.60 bits per heavy atom. The predicted octanol–water partition coefficient (Wildman–Crippen LogP) is 2.18. The van der Waals surface area contributed by atoms with Crippen LogP contribution in [-0.2, 0) is 9.53 Å². The predicted molar refractivity (Wildman–Crippen MR) is 62.9 cm³/mol. The lowest BCUT2D eigenvalue weighted by molar-refractivity contribution is -0.126. The maximum atomic E-state index is 11.5. The molecule has 15 heavy (non-hydrogen) atoms. The summed E-state index contributed by atoms with van der Waals surface area (Å²) in [5.41, 5.74) is 0.853. The Hall–Kier alpha value is -0.800. The van der Waals surface area contributed by atoms with Gasteiger partial charge in [0.25, 0.3) is 0 Å². The van der Waals surface area contributed by atoms with Gasteiger partial charge in [-0.25, -0.2) is 0 Å². The fourth-order valence-electron chi connectivity index (χ4n) is 1.20. The van der Waals surface area contributed by atoms with Crippen molar-refractivity contribution >= 4 is 17.5 Å². The molecule has 0 aliphatic carbocycles. The van der Waals surface area contributed by atoms with Crippen molar-refractivity contribution in [2.24, 2.45) is 0 Å². The van der Waals surface area contributed by atoms with Crippen LogP contribution < -0.4 is 0 Å². The van der Waals surface area contributed by atoms with E-state index in [1.165, 1.54) is 0 Å². The monoisotopic (exact) mass is 231 g/mol. The van der Waals surface area contributed by atoms with E-state index in [1.807, 2.05) is 6.92 Å². The lowest BCUT2D eigenvalue weighted by atomic mass is 10.3. The molecule has 0 aliphatic heterocycles. The van der Waals surface area contributed by atoms with Crippen LogP contribution in [0, 0.1) is 0 Å². The Bertz CT molecular complexity index is 239. The summed E-state index contributed by atoms with van der Waals surface area (Å²) in [4.78, 5) is 13.1. The Morgan fingerprint density at radius 2 is 2.27 bits per heavy atom. The molecule has 0 heterocycles. The van der Waals surface area contributed by atoms with Gasteiger partial charge >= 0.3 is 0 Å². The third-order valence-electron chi connectivity index (χ3n) is 1.93. The van der Waals surface area contributed by atoms with Crippen molar-refractivity contribution in [2.75, 3.05) is 26.1 Å². The number of halogens is 1. The highest BCUT2D eigenvalue weighted by molar-refractivity contribution is 6.27. The quantitative estimate of drug-likeness (QED) is 0.382. The van der Waals surface area contributed by atoms with Crippen molar-refractivity contribution in [3.8, 4) is 0 Å². The number of hydrogen-bond acceptors (Lipinski definition) is 2. The van der Waals surface area contributed by atoms with Crippen LogP contribution in [0.2, 0.25) is 0 Å². The summed E-state index contributed by atoms with van der Waals surface area (Å²) < 4.78 is 4.93. The summed E-state index contributed by atoms with van der Waals surface area (Å²) in [6, 6.07) is 0. The second kappa shape index (κ2) is 8.50. The van der Waals surface area contributed by atoms with Gasteiger partial charge < -0.3 is 9.64 Å². The van der Waals surface area contributed by atoms with E-state index in [1.54, 1.807) is 24.2 Å². The number of carbonyl (C=O) groups is 1. The average molecular weight is 232 g/mol. The number of rotatable bonds is 7. The molecule has 0 radical (unpaired) electrons. The van der Waals surface area contributed by atoms with E-state index in [2.05, 4.69) is 6.58 Å². The van der Waals surface area contributed by atoms with Crippen molar-refractivity contribution in [1.29, 1.82) is 0 Å². The summed E-state index contributed by atoms with van der Waals surface area (Å²) in [6.07, 6.45) is 4.23. The number of alkyl halides is 1. The Balaban J connectivity index is 4.37. The largest absolute Gasteiger partial charge is 0.385 e. The molecule has 0 aromatic heterocycles. The van der Waals surface area contributed by atoms with Crippen LogP contribution >= 0.6 is 11.6 Å². The number of hydrogen-bond donors (Lipinski definition) is 0. The fourth-order valence-corrected chi connectivity index (χ4v) is 1.34. The zero-order valence-corrected chi connectivity index (χ0v) is 10.1. The molecule has 0 spiro atoms. The molecule has 1 amide bonds. The molecule has 0 fully saturated rings. The molecule has 0 unspecified atom stereocenters. The second-order valence-corrected chi connectivity index (χ2v) is 3.34. The number of ether oxygens (including phenoxy) is 1. The highest BCUT2D eigenvalue weighted by Crippen LogP contribution is 2.06. The molecule has 0 rings (SSSR count). The van der Waals surface area contributed by atoms with Crippen LogP contribution in [0.1, 0.15) is 13.3 Å². The first kappa shape index (κ1) is 14.2. The minimum Gasteiger partial charge on any atom is -0.385 e. The molecule has 3 nitrogen and oxygen atoms in total. The van der Waals surface area contributed by atoms with Gasteiger partial charge in [-0.15, -0.1) is 11.6 Å². The summed E-state index contributed by atoms with van der Waals surface area (Å²) in [5, 5.41) is 0. The van der Waals surface area contributed by atoms with Crippen molar-refractivity contribution in [3.05, 3.63) is 24.4 Å². The zero-order valence-electron chi connectivity index (χ0n) is 9.33. The van der Waals surface area contributed by atoms with E-state index >= 15 is 0 Å². The van der Waals surface area contributed by atoms with E-state index in [0.29, 0.717) is 13.2 Å². The van der Waals surface area contributed by atoms with Crippen molar-refractivity contribution in [2.45, 2.75) is 13.3 Å². The maximum absolute atomic E-state index is 11.5. The zero-order chi connectivity index (χ0) is 11.7. The Morgan fingerprint density at radius 3 is 2.73 bits per heavy atom. The van der Waals surface area contributed by atoms with Crippen LogP contribution in [0.3, 0.4) is 0 Å². The smallest absolute Gasteiger partial charge is 0.241 e. The molecular weight excluding hydrogens is 214 g/mol. The molecule has 0 aliphatic rings. The first-order valence-corrected chi connectivity index (χ1v) is 5.35. The van der Waals surface area contributed by atoms with Crippen LogP contribution in [-0.4, -0.2) is 36.9 Å². The molecular formula is C11H18ClNO2. The summed E-state index contributed by atoms with van der Waals surface area (Å²) in [6.45, 7) is 6.71. The molecule has 0 aromatic carbocycles. The molecule has 0 saturated carbocycles. The summed E-state index contributed by atoms with van der Waals surface area (Å²) in [7, 11) is 1.64. The van der Waals surface area contributed by atoms with E-state index in [9.17, 15) is 4.79 Å². The topological polar surface area (TPSA) is 29.5 Å². The van der Waals surface area contributed by atoms with Gasteiger partial charge in [0, 0.05) is 26.0 Å². The SMILES string of the molecule is C=C/C=C(\C)N(CCCOC)C(=O)CCl. The van der Waals surface area contributed by atoms with Gasteiger partial charge in [0.15, 0.2) is 0 Å². The standard InChI is InChI=1S/C11H18ClNO2/c1-4-6-10(2)13(11(14)9-12)7-5-8-15-3/h4,6H,1,5,7-9H2,2-3H3/b10-6+. The number of amides is 1. The minimum absolute atomic E-state index is 0.00466. The molecule has 0 atom stereocenters. The molecule has 0 saturated heterocycles. The first-order valence-electron chi connectivity index (χ1n) is 4.82. The van der Waals surface area contributed by atoms with E-state index in [4.69, 9.17) is 16.3 Å². The number of carbonyl (C=O) groups excluding carboxylic acids is 1. The van der Waals surface area contributed by atoms with E-state index in [-0.39, 0.29) is 11.8 Å². The Labute approximate surface area is 96.3 Å². The summed E-state index contributed by atoms with van der Waals surface area (Å²) in [5.74, 6) is -0.0988. The van der Waals surface area contributed by atoms with Gasteiger partial charge in [0.05, 0.1) is 0 Å².